The number of carbonyl (C=O) groups excluding carboxylic acids is 3. The van der Waals surface area contributed by atoms with Gasteiger partial charge in [0.2, 0.25) is 5.91 Å². The lowest BCUT2D eigenvalue weighted by molar-refractivity contribution is -0.147. The van der Waals surface area contributed by atoms with Crippen LogP contribution in [0, 0.1) is 5.82 Å². The monoisotopic (exact) mass is 412 g/mol. The zero-order valence-electron chi connectivity index (χ0n) is 13.9. The summed E-state index contributed by atoms with van der Waals surface area (Å²) in [5, 5.41) is 5.43. The molecule has 2 rings (SSSR count). The molecule has 2 N–H and O–H groups in total. The highest BCUT2D eigenvalue weighted by atomic mass is 35.5. The number of esters is 1. The summed E-state index contributed by atoms with van der Waals surface area (Å²) in [7, 11) is 0. The number of hydrogen-bond acceptors (Lipinski definition) is 4. The third-order valence-corrected chi connectivity index (χ3v) is 4.09. The van der Waals surface area contributed by atoms with Crippen molar-refractivity contribution in [2.45, 2.75) is 12.8 Å². The molecule has 0 bridgehead atoms. The molecule has 0 fully saturated rings. The second-order valence-corrected chi connectivity index (χ2v) is 6.15. The molecule has 0 saturated carbocycles. The lowest BCUT2D eigenvalue weighted by atomic mass is 10.2. The first-order valence-corrected chi connectivity index (χ1v) is 8.55. The predicted octanol–water partition coefficient (Wildman–Crippen LogP) is 4.03. The van der Waals surface area contributed by atoms with Crippen LogP contribution in [-0.4, -0.2) is 24.4 Å². The molecule has 6 nitrogen and oxygen atoms in total. The molecule has 2 amide bonds. The topological polar surface area (TPSA) is 84.5 Å². The van der Waals surface area contributed by atoms with Gasteiger partial charge in [-0.05, 0) is 36.4 Å². The fourth-order valence-electron chi connectivity index (χ4n) is 1.98. The number of carbonyl (C=O) groups is 3. The van der Waals surface area contributed by atoms with Crippen LogP contribution in [0.4, 0.5) is 15.8 Å². The molecule has 0 radical (unpaired) electrons. The van der Waals surface area contributed by atoms with Crippen LogP contribution in [0.15, 0.2) is 42.5 Å². The zero-order chi connectivity index (χ0) is 19.8. The van der Waals surface area contributed by atoms with Gasteiger partial charge in [0.15, 0.2) is 6.61 Å². The molecule has 0 aliphatic carbocycles. The molecule has 27 heavy (non-hydrogen) atoms. The van der Waals surface area contributed by atoms with Crippen LogP contribution in [0.1, 0.15) is 12.8 Å². The van der Waals surface area contributed by atoms with Crippen LogP contribution in [-0.2, 0) is 19.1 Å². The Labute approximate surface area is 164 Å². The molecule has 0 aliphatic heterocycles. The predicted molar refractivity (Wildman–Crippen MR) is 100 cm³/mol. The van der Waals surface area contributed by atoms with E-state index >= 15 is 0 Å². The van der Waals surface area contributed by atoms with Crippen LogP contribution in [0.3, 0.4) is 0 Å². The van der Waals surface area contributed by atoms with E-state index in [9.17, 15) is 18.8 Å². The van der Waals surface area contributed by atoms with Crippen LogP contribution in [0.5, 0.6) is 0 Å². The third kappa shape index (κ3) is 6.88. The summed E-state index contributed by atoms with van der Waals surface area (Å²) in [6.45, 7) is -0.527. The minimum absolute atomic E-state index is 0.141. The second-order valence-electron chi connectivity index (χ2n) is 5.37. The van der Waals surface area contributed by atoms with Crippen LogP contribution in [0.25, 0.3) is 0 Å². The van der Waals surface area contributed by atoms with E-state index in [1.54, 1.807) is 18.2 Å². The van der Waals surface area contributed by atoms with Gasteiger partial charge in [-0.2, -0.15) is 0 Å². The van der Waals surface area contributed by atoms with Crippen molar-refractivity contribution < 1.29 is 23.5 Å². The van der Waals surface area contributed by atoms with Gasteiger partial charge in [-0.15, -0.1) is 0 Å². The number of hydrogen-bond donors (Lipinski definition) is 2. The lowest BCUT2D eigenvalue weighted by Gasteiger charge is -2.09. The Morgan fingerprint density at radius 3 is 2.33 bits per heavy atom. The summed E-state index contributed by atoms with van der Waals surface area (Å²) >= 11 is 11.8. The van der Waals surface area contributed by atoms with E-state index in [4.69, 9.17) is 27.9 Å². The molecule has 2 aromatic carbocycles. The van der Waals surface area contributed by atoms with Gasteiger partial charge in [-0.25, -0.2) is 4.39 Å². The Hall–Kier alpha value is -2.64. The van der Waals surface area contributed by atoms with Crippen molar-refractivity contribution in [1.29, 1.82) is 0 Å². The van der Waals surface area contributed by atoms with Crippen molar-refractivity contribution in [1.82, 2.24) is 0 Å². The Balaban J connectivity index is 1.70. The van der Waals surface area contributed by atoms with Crippen LogP contribution in [0.2, 0.25) is 10.0 Å². The molecular formula is C18H15Cl2FN2O4. The fourth-order valence-corrected chi connectivity index (χ4v) is 2.32. The summed E-state index contributed by atoms with van der Waals surface area (Å²) in [6.07, 6.45) is -0.351. The molecule has 0 aromatic heterocycles. The van der Waals surface area contributed by atoms with Gasteiger partial charge in [0.1, 0.15) is 5.82 Å². The van der Waals surface area contributed by atoms with E-state index in [-0.39, 0.29) is 22.9 Å². The average Bonchev–Trinajstić information content (AvgIpc) is 2.64. The number of benzene rings is 2. The standard InChI is InChI=1S/C18H15Cl2FN2O4/c19-13-2-1-3-14(18(13)20)23-16(25)10-27-17(26)9-8-15(24)22-12-6-4-11(21)5-7-12/h1-7H,8-10H2,(H,22,24)(H,23,25). The maximum Gasteiger partial charge on any atom is 0.306 e. The van der Waals surface area contributed by atoms with E-state index in [0.717, 1.165) is 0 Å². The van der Waals surface area contributed by atoms with Crippen molar-refractivity contribution in [3.05, 3.63) is 58.3 Å². The first-order valence-electron chi connectivity index (χ1n) is 7.80. The van der Waals surface area contributed by atoms with Gasteiger partial charge >= 0.3 is 5.97 Å². The summed E-state index contributed by atoms with van der Waals surface area (Å²) in [5.74, 6) is -2.16. The average molecular weight is 413 g/mol. The minimum atomic E-state index is -0.711. The van der Waals surface area contributed by atoms with Gasteiger partial charge < -0.3 is 15.4 Å². The van der Waals surface area contributed by atoms with Gasteiger partial charge in [0.25, 0.3) is 5.91 Å². The van der Waals surface area contributed by atoms with Gasteiger partial charge in [0.05, 0.1) is 22.2 Å². The zero-order valence-corrected chi connectivity index (χ0v) is 15.4. The van der Waals surface area contributed by atoms with Crippen molar-refractivity contribution in [3.8, 4) is 0 Å². The molecule has 0 spiro atoms. The highest BCUT2D eigenvalue weighted by Crippen LogP contribution is 2.29. The summed E-state index contributed by atoms with van der Waals surface area (Å²) < 4.78 is 17.6. The number of halogens is 3. The number of ether oxygens (including phenoxy) is 1. The Morgan fingerprint density at radius 2 is 1.63 bits per heavy atom. The Kier molecular flexibility index (Phi) is 7.57. The summed E-state index contributed by atoms with van der Waals surface area (Å²) in [5.41, 5.74) is 0.705. The highest BCUT2D eigenvalue weighted by Gasteiger charge is 2.12. The number of amides is 2. The van der Waals surface area contributed by atoms with Crippen molar-refractivity contribution in [2.75, 3.05) is 17.2 Å². The van der Waals surface area contributed by atoms with E-state index in [0.29, 0.717) is 11.4 Å². The van der Waals surface area contributed by atoms with Crippen LogP contribution < -0.4 is 10.6 Å². The molecule has 0 aliphatic rings. The number of nitrogens with one attached hydrogen (secondary N) is 2. The molecular weight excluding hydrogens is 398 g/mol. The SMILES string of the molecule is O=C(CCC(=O)OCC(=O)Nc1cccc(Cl)c1Cl)Nc1ccc(F)cc1. The van der Waals surface area contributed by atoms with Gasteiger partial charge in [0, 0.05) is 12.1 Å². The van der Waals surface area contributed by atoms with E-state index in [1.807, 2.05) is 0 Å². The normalized spacial score (nSPS) is 10.2. The molecule has 0 atom stereocenters. The van der Waals surface area contributed by atoms with Crippen molar-refractivity contribution in [2.24, 2.45) is 0 Å². The molecule has 0 heterocycles. The quantitative estimate of drug-likeness (QED) is 0.672. The Morgan fingerprint density at radius 1 is 0.926 bits per heavy atom. The van der Waals surface area contributed by atoms with E-state index in [2.05, 4.69) is 10.6 Å². The largest absolute Gasteiger partial charge is 0.456 e. The second kappa shape index (κ2) is 9.89. The maximum atomic E-state index is 12.8. The summed E-state index contributed by atoms with van der Waals surface area (Å²) in [6, 6.07) is 9.93. The number of anilines is 2. The molecule has 0 unspecified atom stereocenters. The van der Waals surface area contributed by atoms with E-state index < -0.39 is 30.2 Å². The Bertz CT molecular complexity index is 844. The molecule has 142 valence electrons. The minimum Gasteiger partial charge on any atom is -0.456 e. The summed E-state index contributed by atoms with van der Waals surface area (Å²) in [4.78, 5) is 35.2. The number of rotatable bonds is 7. The third-order valence-electron chi connectivity index (χ3n) is 3.27. The fraction of sp³-hybridized carbons (Fsp3) is 0.167. The molecule has 2 aromatic rings. The lowest BCUT2D eigenvalue weighted by Crippen LogP contribution is -2.22. The van der Waals surface area contributed by atoms with Gasteiger partial charge in [-0.1, -0.05) is 29.3 Å². The van der Waals surface area contributed by atoms with Crippen molar-refractivity contribution >= 4 is 52.4 Å². The van der Waals surface area contributed by atoms with Crippen molar-refractivity contribution in [3.63, 3.8) is 0 Å². The van der Waals surface area contributed by atoms with Crippen LogP contribution >= 0.6 is 23.2 Å². The molecule has 0 saturated heterocycles. The maximum absolute atomic E-state index is 12.8. The first-order chi connectivity index (χ1) is 12.8. The first kappa shape index (κ1) is 20.7. The van der Waals surface area contributed by atoms with E-state index in [1.165, 1.54) is 24.3 Å². The van der Waals surface area contributed by atoms with Gasteiger partial charge in [-0.3, -0.25) is 14.4 Å². The highest BCUT2D eigenvalue weighted by molar-refractivity contribution is 6.44. The smallest absolute Gasteiger partial charge is 0.306 e. The molecule has 9 heteroatoms.